The van der Waals surface area contributed by atoms with Gasteiger partial charge in [0.1, 0.15) is 12.4 Å². The van der Waals surface area contributed by atoms with Crippen LogP contribution in [0.25, 0.3) is 0 Å². The van der Waals surface area contributed by atoms with Crippen LogP contribution in [0.3, 0.4) is 0 Å². The van der Waals surface area contributed by atoms with Gasteiger partial charge in [-0.15, -0.1) is 0 Å². The van der Waals surface area contributed by atoms with Crippen molar-refractivity contribution in [1.82, 2.24) is 0 Å². The van der Waals surface area contributed by atoms with Crippen molar-refractivity contribution in [3.05, 3.63) is 27.8 Å². The molecule has 0 atom stereocenters. The van der Waals surface area contributed by atoms with Crippen LogP contribution in [0.5, 0.6) is 5.75 Å². The minimum Gasteiger partial charge on any atom is -0.486 e. The molecule has 2 nitrogen and oxygen atoms in total. The van der Waals surface area contributed by atoms with E-state index in [1.807, 2.05) is 24.3 Å². The standard InChI is InChI=1S/C14H17IO2/c15-12-6-8-13(9-7-12)17-10-14(16)11-4-2-1-3-5-11/h6-9,11H,1-5,10H2. The van der Waals surface area contributed by atoms with E-state index in [9.17, 15) is 4.79 Å². The van der Waals surface area contributed by atoms with Gasteiger partial charge in [0.05, 0.1) is 0 Å². The summed E-state index contributed by atoms with van der Waals surface area (Å²) in [4.78, 5) is 11.9. The number of ether oxygens (including phenoxy) is 1. The average Bonchev–Trinajstić information content (AvgIpc) is 2.39. The third-order valence-electron chi connectivity index (χ3n) is 3.26. The third kappa shape index (κ3) is 3.98. The number of halogens is 1. The lowest BCUT2D eigenvalue weighted by molar-refractivity contribution is -0.125. The zero-order chi connectivity index (χ0) is 12.1. The lowest BCUT2D eigenvalue weighted by Gasteiger charge is -2.20. The van der Waals surface area contributed by atoms with Crippen molar-refractivity contribution in [3.8, 4) is 5.75 Å². The largest absolute Gasteiger partial charge is 0.486 e. The van der Waals surface area contributed by atoms with Crippen LogP contribution >= 0.6 is 22.6 Å². The molecule has 3 heteroatoms. The maximum Gasteiger partial charge on any atom is 0.173 e. The van der Waals surface area contributed by atoms with Crippen LogP contribution < -0.4 is 4.74 Å². The second-order valence-corrected chi connectivity index (χ2v) is 5.79. The molecule has 1 aromatic rings. The van der Waals surface area contributed by atoms with Crippen molar-refractivity contribution >= 4 is 28.4 Å². The smallest absolute Gasteiger partial charge is 0.173 e. The van der Waals surface area contributed by atoms with Crippen LogP contribution in [0, 0.1) is 9.49 Å². The van der Waals surface area contributed by atoms with Gasteiger partial charge in [-0.2, -0.15) is 0 Å². The molecule has 2 rings (SSSR count). The molecule has 1 fully saturated rings. The second-order valence-electron chi connectivity index (χ2n) is 4.54. The molecule has 1 aliphatic rings. The molecule has 0 saturated heterocycles. The average molecular weight is 344 g/mol. The van der Waals surface area contributed by atoms with E-state index in [2.05, 4.69) is 22.6 Å². The SMILES string of the molecule is O=C(COc1ccc(I)cc1)C1CCCCC1. The molecule has 92 valence electrons. The third-order valence-corrected chi connectivity index (χ3v) is 3.97. The van der Waals surface area contributed by atoms with Gasteiger partial charge >= 0.3 is 0 Å². The number of Topliss-reactive ketones (excluding diaryl/α,β-unsaturated/α-hetero) is 1. The zero-order valence-corrected chi connectivity index (χ0v) is 12.0. The van der Waals surface area contributed by atoms with Gasteiger partial charge in [-0.25, -0.2) is 0 Å². The molecule has 0 aromatic heterocycles. The van der Waals surface area contributed by atoms with E-state index in [4.69, 9.17) is 4.74 Å². The Balaban J connectivity index is 1.81. The fourth-order valence-corrected chi connectivity index (χ4v) is 2.59. The number of carbonyl (C=O) groups excluding carboxylic acids is 1. The number of hydrogen-bond acceptors (Lipinski definition) is 2. The fraction of sp³-hybridized carbons (Fsp3) is 0.500. The van der Waals surface area contributed by atoms with Gasteiger partial charge < -0.3 is 4.74 Å². The van der Waals surface area contributed by atoms with Gasteiger partial charge in [0.2, 0.25) is 0 Å². The normalized spacial score (nSPS) is 16.8. The van der Waals surface area contributed by atoms with E-state index in [1.54, 1.807) is 0 Å². The van der Waals surface area contributed by atoms with E-state index in [0.717, 1.165) is 18.6 Å². The molecule has 0 aliphatic heterocycles. The van der Waals surface area contributed by atoms with E-state index >= 15 is 0 Å². The van der Waals surface area contributed by atoms with Crippen LogP contribution in [0.15, 0.2) is 24.3 Å². The summed E-state index contributed by atoms with van der Waals surface area (Å²) in [6.45, 7) is 0.227. The van der Waals surface area contributed by atoms with Gasteiger partial charge in [-0.3, -0.25) is 4.79 Å². The molecule has 1 aliphatic carbocycles. The van der Waals surface area contributed by atoms with Gasteiger partial charge in [0.15, 0.2) is 5.78 Å². The maximum atomic E-state index is 11.9. The van der Waals surface area contributed by atoms with Crippen molar-refractivity contribution in [2.24, 2.45) is 5.92 Å². The monoisotopic (exact) mass is 344 g/mol. The first-order chi connectivity index (χ1) is 8.25. The Morgan fingerprint density at radius 1 is 1.18 bits per heavy atom. The number of carbonyl (C=O) groups is 1. The van der Waals surface area contributed by atoms with Gasteiger partial charge in [-0.1, -0.05) is 19.3 Å². The lowest BCUT2D eigenvalue weighted by Crippen LogP contribution is -2.23. The van der Waals surface area contributed by atoms with Crippen LogP contribution in [0.1, 0.15) is 32.1 Å². The Hall–Kier alpha value is -0.580. The molecular formula is C14H17IO2. The minimum absolute atomic E-state index is 0.227. The highest BCUT2D eigenvalue weighted by Gasteiger charge is 2.21. The quantitative estimate of drug-likeness (QED) is 0.777. The summed E-state index contributed by atoms with van der Waals surface area (Å²) in [7, 11) is 0. The second kappa shape index (κ2) is 6.38. The predicted molar refractivity (Wildman–Crippen MR) is 76.2 cm³/mol. The van der Waals surface area contributed by atoms with E-state index in [-0.39, 0.29) is 18.3 Å². The molecule has 0 radical (unpaired) electrons. The molecular weight excluding hydrogens is 327 g/mol. The lowest BCUT2D eigenvalue weighted by atomic mass is 9.86. The van der Waals surface area contributed by atoms with Crippen molar-refractivity contribution in [2.45, 2.75) is 32.1 Å². The Labute approximate surface area is 116 Å². The first-order valence-corrected chi connectivity index (χ1v) is 7.24. The molecule has 0 amide bonds. The van der Waals surface area contributed by atoms with Crippen molar-refractivity contribution in [3.63, 3.8) is 0 Å². The number of ketones is 1. The minimum atomic E-state index is 0.227. The van der Waals surface area contributed by atoms with E-state index < -0.39 is 0 Å². The maximum absolute atomic E-state index is 11.9. The highest BCUT2D eigenvalue weighted by Crippen LogP contribution is 2.24. The topological polar surface area (TPSA) is 26.3 Å². The summed E-state index contributed by atoms with van der Waals surface area (Å²) in [5, 5.41) is 0. The predicted octanol–water partition coefficient (Wildman–Crippen LogP) is 3.82. The Bertz CT molecular complexity index is 366. The van der Waals surface area contributed by atoms with Gasteiger partial charge in [-0.05, 0) is 59.7 Å². The summed E-state index contributed by atoms with van der Waals surface area (Å²) in [5.41, 5.74) is 0. The van der Waals surface area contributed by atoms with E-state index in [0.29, 0.717) is 0 Å². The molecule has 1 aromatic carbocycles. The Morgan fingerprint density at radius 3 is 2.47 bits per heavy atom. The van der Waals surface area contributed by atoms with Crippen LogP contribution in [-0.2, 0) is 4.79 Å². The summed E-state index contributed by atoms with van der Waals surface area (Å²) in [6, 6.07) is 7.80. The van der Waals surface area contributed by atoms with Gasteiger partial charge in [0.25, 0.3) is 0 Å². The molecule has 0 bridgehead atoms. The summed E-state index contributed by atoms with van der Waals surface area (Å²) >= 11 is 2.25. The molecule has 17 heavy (non-hydrogen) atoms. The number of rotatable bonds is 4. The van der Waals surface area contributed by atoms with Crippen LogP contribution in [0.2, 0.25) is 0 Å². The number of hydrogen-bond donors (Lipinski definition) is 0. The first-order valence-electron chi connectivity index (χ1n) is 6.17. The molecule has 0 N–H and O–H groups in total. The molecule has 1 saturated carbocycles. The van der Waals surface area contributed by atoms with Crippen molar-refractivity contribution < 1.29 is 9.53 Å². The fourth-order valence-electron chi connectivity index (χ4n) is 2.23. The summed E-state index contributed by atoms with van der Waals surface area (Å²) < 4.78 is 6.70. The Kier molecular flexibility index (Phi) is 4.83. The summed E-state index contributed by atoms with van der Waals surface area (Å²) in [6.07, 6.45) is 5.77. The van der Waals surface area contributed by atoms with E-state index in [1.165, 1.54) is 22.8 Å². The Morgan fingerprint density at radius 2 is 1.82 bits per heavy atom. The van der Waals surface area contributed by atoms with Crippen LogP contribution in [0.4, 0.5) is 0 Å². The summed E-state index contributed by atoms with van der Waals surface area (Å²) in [5.74, 6) is 1.30. The highest BCUT2D eigenvalue weighted by molar-refractivity contribution is 14.1. The first kappa shape index (κ1) is 12.9. The molecule has 0 unspecified atom stereocenters. The van der Waals surface area contributed by atoms with Crippen LogP contribution in [-0.4, -0.2) is 12.4 Å². The van der Waals surface area contributed by atoms with Crippen molar-refractivity contribution in [1.29, 1.82) is 0 Å². The molecule has 0 heterocycles. The van der Waals surface area contributed by atoms with Gasteiger partial charge in [0, 0.05) is 9.49 Å². The molecule has 0 spiro atoms. The zero-order valence-electron chi connectivity index (χ0n) is 9.82. The van der Waals surface area contributed by atoms with Crippen molar-refractivity contribution in [2.75, 3.05) is 6.61 Å². The number of benzene rings is 1. The highest BCUT2D eigenvalue weighted by atomic mass is 127.